The summed E-state index contributed by atoms with van der Waals surface area (Å²) in [5.74, 6) is 0.976. The van der Waals surface area contributed by atoms with Crippen molar-refractivity contribution >= 4 is 17.5 Å². The first kappa shape index (κ1) is 10.8. The van der Waals surface area contributed by atoms with Crippen LogP contribution < -0.4 is 4.90 Å². The molecule has 3 rings (SSSR count). The first-order valence-electron chi connectivity index (χ1n) is 6.04. The van der Waals surface area contributed by atoms with Crippen LogP contribution in [-0.2, 0) is 0 Å². The van der Waals surface area contributed by atoms with Crippen molar-refractivity contribution in [1.82, 2.24) is 14.6 Å². The zero-order valence-corrected chi connectivity index (χ0v) is 9.95. The van der Waals surface area contributed by atoms with Gasteiger partial charge in [0.15, 0.2) is 5.65 Å². The van der Waals surface area contributed by atoms with Crippen molar-refractivity contribution < 1.29 is 0 Å². The third-order valence-corrected chi connectivity index (χ3v) is 3.13. The molecule has 0 amide bonds. The maximum Gasteiger partial charge on any atom is 0.154 e. The number of imidazole rings is 1. The monoisotopic (exact) mass is 239 g/mol. The molecule has 1 saturated heterocycles. The van der Waals surface area contributed by atoms with E-state index in [1.165, 1.54) is 18.9 Å². The third kappa shape index (κ3) is 1.82. The SMILES string of the molecule is N#C/C=C/c1cnc2ccc(N3CCCC3)nn12. The topological polar surface area (TPSA) is 57.2 Å². The lowest BCUT2D eigenvalue weighted by molar-refractivity contribution is 0.855. The highest BCUT2D eigenvalue weighted by atomic mass is 15.3. The molecule has 18 heavy (non-hydrogen) atoms. The van der Waals surface area contributed by atoms with Gasteiger partial charge < -0.3 is 4.90 Å². The van der Waals surface area contributed by atoms with Crippen LogP contribution in [-0.4, -0.2) is 27.7 Å². The standard InChI is InChI=1S/C13H13N5/c14-7-3-4-11-10-15-12-5-6-13(16-18(11)12)17-8-1-2-9-17/h3-6,10H,1-2,8-9H2/b4-3+. The molecule has 0 unspecified atom stereocenters. The number of hydrogen-bond donors (Lipinski definition) is 0. The average molecular weight is 239 g/mol. The van der Waals surface area contributed by atoms with E-state index in [-0.39, 0.29) is 0 Å². The Labute approximate surface area is 105 Å². The first-order chi connectivity index (χ1) is 8.88. The minimum atomic E-state index is 0.801. The molecule has 2 aromatic heterocycles. The lowest BCUT2D eigenvalue weighted by Gasteiger charge is -2.15. The molecule has 0 aliphatic carbocycles. The molecule has 0 bridgehead atoms. The zero-order valence-electron chi connectivity index (χ0n) is 9.95. The van der Waals surface area contributed by atoms with Crippen LogP contribution in [0.4, 0.5) is 5.82 Å². The predicted octanol–water partition coefficient (Wildman–Crippen LogP) is 1.87. The Morgan fingerprint density at radius 3 is 2.89 bits per heavy atom. The molecule has 0 saturated carbocycles. The Morgan fingerprint density at radius 2 is 2.11 bits per heavy atom. The van der Waals surface area contributed by atoms with Gasteiger partial charge in [0.25, 0.3) is 0 Å². The summed E-state index contributed by atoms with van der Waals surface area (Å²) in [5, 5.41) is 13.2. The largest absolute Gasteiger partial charge is 0.355 e. The summed E-state index contributed by atoms with van der Waals surface area (Å²) < 4.78 is 1.78. The molecule has 2 aromatic rings. The Hall–Kier alpha value is -2.35. The quantitative estimate of drug-likeness (QED) is 0.751. The van der Waals surface area contributed by atoms with Crippen molar-refractivity contribution in [3.05, 3.63) is 30.1 Å². The summed E-state index contributed by atoms with van der Waals surface area (Å²) in [4.78, 5) is 6.54. The van der Waals surface area contributed by atoms with Crippen molar-refractivity contribution in [3.63, 3.8) is 0 Å². The molecule has 90 valence electrons. The van der Waals surface area contributed by atoms with Crippen LogP contribution in [0.15, 0.2) is 24.4 Å². The number of allylic oxidation sites excluding steroid dienone is 1. The van der Waals surface area contributed by atoms with E-state index in [0.717, 1.165) is 30.2 Å². The van der Waals surface area contributed by atoms with E-state index in [4.69, 9.17) is 5.26 Å². The predicted molar refractivity (Wildman–Crippen MR) is 69.1 cm³/mol. The lowest BCUT2D eigenvalue weighted by Crippen LogP contribution is -2.19. The highest BCUT2D eigenvalue weighted by Crippen LogP contribution is 2.18. The maximum atomic E-state index is 8.57. The van der Waals surface area contributed by atoms with Gasteiger partial charge in [0.1, 0.15) is 5.82 Å². The van der Waals surface area contributed by atoms with Gasteiger partial charge in [-0.3, -0.25) is 0 Å². The van der Waals surface area contributed by atoms with Gasteiger partial charge in [-0.1, -0.05) is 0 Å². The normalized spacial score (nSPS) is 15.6. The number of anilines is 1. The van der Waals surface area contributed by atoms with Crippen LogP contribution in [0, 0.1) is 11.3 Å². The number of nitrogens with zero attached hydrogens (tertiary/aromatic N) is 5. The van der Waals surface area contributed by atoms with Gasteiger partial charge in [-0.2, -0.15) is 5.26 Å². The number of hydrogen-bond acceptors (Lipinski definition) is 4. The molecule has 1 aliphatic heterocycles. The first-order valence-corrected chi connectivity index (χ1v) is 6.04. The Balaban J connectivity index is 2.03. The van der Waals surface area contributed by atoms with Gasteiger partial charge in [0.05, 0.1) is 18.0 Å². The number of fused-ring (bicyclic) bond motifs is 1. The molecule has 0 radical (unpaired) electrons. The molecule has 0 N–H and O–H groups in total. The van der Waals surface area contributed by atoms with Crippen molar-refractivity contribution in [1.29, 1.82) is 5.26 Å². The number of aromatic nitrogens is 3. The van der Waals surface area contributed by atoms with Gasteiger partial charge in [0, 0.05) is 19.2 Å². The van der Waals surface area contributed by atoms with Gasteiger partial charge in [-0.25, -0.2) is 9.50 Å². The van der Waals surface area contributed by atoms with Crippen LogP contribution in [0.2, 0.25) is 0 Å². The van der Waals surface area contributed by atoms with Crippen molar-refractivity contribution in [3.8, 4) is 6.07 Å². The van der Waals surface area contributed by atoms with E-state index in [1.807, 2.05) is 18.2 Å². The van der Waals surface area contributed by atoms with Crippen molar-refractivity contribution in [2.45, 2.75) is 12.8 Å². The molecule has 5 heteroatoms. The van der Waals surface area contributed by atoms with E-state index in [2.05, 4.69) is 15.0 Å². The fraction of sp³-hybridized carbons (Fsp3) is 0.308. The molecule has 3 heterocycles. The minimum Gasteiger partial charge on any atom is -0.355 e. The molecule has 0 spiro atoms. The average Bonchev–Trinajstić information content (AvgIpc) is 3.05. The molecule has 5 nitrogen and oxygen atoms in total. The van der Waals surface area contributed by atoms with Gasteiger partial charge in [-0.05, 0) is 31.1 Å². The van der Waals surface area contributed by atoms with Crippen LogP contribution >= 0.6 is 0 Å². The number of nitriles is 1. The molecule has 1 fully saturated rings. The minimum absolute atomic E-state index is 0.801. The van der Waals surface area contributed by atoms with Gasteiger partial charge in [0.2, 0.25) is 0 Å². The fourth-order valence-electron chi connectivity index (χ4n) is 2.23. The third-order valence-electron chi connectivity index (χ3n) is 3.13. The highest BCUT2D eigenvalue weighted by molar-refractivity contribution is 5.55. The lowest BCUT2D eigenvalue weighted by atomic mass is 10.4. The summed E-state index contributed by atoms with van der Waals surface area (Å²) >= 11 is 0. The Kier molecular flexibility index (Phi) is 2.69. The maximum absolute atomic E-state index is 8.57. The smallest absolute Gasteiger partial charge is 0.154 e. The van der Waals surface area contributed by atoms with E-state index in [0.29, 0.717) is 0 Å². The van der Waals surface area contributed by atoms with E-state index >= 15 is 0 Å². The van der Waals surface area contributed by atoms with Gasteiger partial charge >= 0.3 is 0 Å². The molecule has 0 atom stereocenters. The molecule has 0 aromatic carbocycles. The Morgan fingerprint density at radius 1 is 1.28 bits per heavy atom. The van der Waals surface area contributed by atoms with E-state index in [1.54, 1.807) is 16.8 Å². The second kappa shape index (κ2) is 4.49. The van der Waals surface area contributed by atoms with Crippen LogP contribution in [0.1, 0.15) is 18.5 Å². The molecular weight excluding hydrogens is 226 g/mol. The van der Waals surface area contributed by atoms with Crippen molar-refractivity contribution in [2.75, 3.05) is 18.0 Å². The summed E-state index contributed by atoms with van der Waals surface area (Å²) in [5.41, 5.74) is 1.63. The Bertz CT molecular complexity index is 628. The van der Waals surface area contributed by atoms with E-state index in [9.17, 15) is 0 Å². The van der Waals surface area contributed by atoms with E-state index < -0.39 is 0 Å². The second-order valence-corrected chi connectivity index (χ2v) is 4.30. The van der Waals surface area contributed by atoms with Crippen molar-refractivity contribution in [2.24, 2.45) is 0 Å². The van der Waals surface area contributed by atoms with Crippen LogP contribution in [0.3, 0.4) is 0 Å². The fourth-order valence-corrected chi connectivity index (χ4v) is 2.23. The van der Waals surface area contributed by atoms with Gasteiger partial charge in [-0.15, -0.1) is 5.10 Å². The summed E-state index contributed by atoms with van der Waals surface area (Å²) in [6, 6.07) is 5.95. The van der Waals surface area contributed by atoms with Crippen LogP contribution in [0.5, 0.6) is 0 Å². The zero-order chi connectivity index (χ0) is 12.4. The van der Waals surface area contributed by atoms with Crippen LogP contribution in [0.25, 0.3) is 11.7 Å². The second-order valence-electron chi connectivity index (χ2n) is 4.30. The summed E-state index contributed by atoms with van der Waals surface area (Å²) in [6.45, 7) is 2.13. The molecular formula is C13H13N5. The molecule has 1 aliphatic rings. The number of rotatable bonds is 2. The summed E-state index contributed by atoms with van der Waals surface area (Å²) in [6.07, 6.45) is 7.34. The highest BCUT2D eigenvalue weighted by Gasteiger charge is 2.14. The summed E-state index contributed by atoms with van der Waals surface area (Å²) in [7, 11) is 0.